The van der Waals surface area contributed by atoms with Crippen LogP contribution in [0, 0.1) is 11.3 Å². The molecule has 270 valence electrons. The van der Waals surface area contributed by atoms with Crippen LogP contribution >= 0.6 is 0 Å². The molecule has 0 spiro atoms. The zero-order valence-electron chi connectivity index (χ0n) is 28.9. The van der Waals surface area contributed by atoms with Crippen molar-refractivity contribution in [3.05, 3.63) is 23.8 Å². The highest BCUT2D eigenvalue weighted by Crippen LogP contribution is 2.56. The van der Waals surface area contributed by atoms with Gasteiger partial charge in [0.25, 0.3) is 0 Å². The van der Waals surface area contributed by atoms with Crippen molar-refractivity contribution in [2.75, 3.05) is 0 Å². The number of fused-ring (bicyclic) bond motifs is 2. The third kappa shape index (κ3) is 7.31. The van der Waals surface area contributed by atoms with E-state index < -0.39 is 94.6 Å². The molecule has 48 heavy (non-hydrogen) atoms. The molecule has 2 aliphatic carbocycles. The largest absolute Gasteiger partial charge is 0.459 e. The highest BCUT2D eigenvalue weighted by molar-refractivity contribution is 5.84. The normalized spacial score (nSPS) is 40.3. The van der Waals surface area contributed by atoms with Gasteiger partial charge in [-0.3, -0.25) is 19.2 Å². The summed E-state index contributed by atoms with van der Waals surface area (Å²) in [6, 6.07) is 0. The van der Waals surface area contributed by atoms with Crippen molar-refractivity contribution in [3.63, 3.8) is 0 Å². The Balaban J connectivity index is 2.42. The van der Waals surface area contributed by atoms with Crippen LogP contribution in [0.2, 0.25) is 0 Å². The molecule has 0 saturated carbocycles. The van der Waals surface area contributed by atoms with Crippen molar-refractivity contribution in [3.8, 4) is 0 Å². The van der Waals surface area contributed by atoms with Crippen molar-refractivity contribution >= 4 is 29.8 Å². The zero-order chi connectivity index (χ0) is 36.4. The fourth-order valence-corrected chi connectivity index (χ4v) is 7.29. The quantitative estimate of drug-likeness (QED) is 0.112. The Morgan fingerprint density at radius 1 is 0.854 bits per heavy atom. The van der Waals surface area contributed by atoms with Crippen molar-refractivity contribution in [1.82, 2.24) is 0 Å². The van der Waals surface area contributed by atoms with Gasteiger partial charge < -0.3 is 44.1 Å². The Labute approximate surface area is 280 Å². The van der Waals surface area contributed by atoms with Gasteiger partial charge in [-0.15, -0.1) is 0 Å². The maximum absolute atomic E-state index is 13.3. The number of ether oxygens (including phenoxy) is 5. The Morgan fingerprint density at radius 2 is 1.42 bits per heavy atom. The standard InChI is InChI=1S/C34H50O14/c1-9-10-11-12-13-14-24(39)48-25-18(2)17-23-34(43,33(8,42)30(40)47-23)29(46-21(5)37)27-31(6,16-15-22(38)32(27,7)41)28(45-20(4)36)26(25)44-19(3)35/h15-17,22-23,25-29,38,41-43H,9-14H2,1-8H3/b18-17-/t22-,23+,25+,26-,27-,28+,29+,31+,32-,33+,34-/m1/s1. The summed E-state index contributed by atoms with van der Waals surface area (Å²) in [5.74, 6) is -6.48. The lowest BCUT2D eigenvalue weighted by atomic mass is 9.53. The molecule has 0 unspecified atom stereocenters. The lowest BCUT2D eigenvalue weighted by molar-refractivity contribution is -0.264. The molecule has 0 amide bonds. The van der Waals surface area contributed by atoms with Crippen LogP contribution in [0.15, 0.2) is 23.8 Å². The lowest BCUT2D eigenvalue weighted by Crippen LogP contribution is -2.74. The molecule has 14 nitrogen and oxygen atoms in total. The minimum absolute atomic E-state index is 0.00912. The average molecular weight is 683 g/mol. The van der Waals surface area contributed by atoms with E-state index in [1.54, 1.807) is 0 Å². The van der Waals surface area contributed by atoms with Crippen molar-refractivity contribution in [1.29, 1.82) is 0 Å². The Morgan fingerprint density at radius 3 is 1.98 bits per heavy atom. The molecule has 0 aromatic heterocycles. The molecule has 1 heterocycles. The fraction of sp³-hybridized carbons (Fsp3) is 0.735. The fourth-order valence-electron chi connectivity index (χ4n) is 7.29. The van der Waals surface area contributed by atoms with Gasteiger partial charge in [0.2, 0.25) is 0 Å². The Hall–Kier alpha value is -3.33. The summed E-state index contributed by atoms with van der Waals surface area (Å²) in [6.07, 6.45) is -2.54. The van der Waals surface area contributed by atoms with Gasteiger partial charge in [-0.05, 0) is 38.8 Å². The first-order chi connectivity index (χ1) is 22.2. The van der Waals surface area contributed by atoms with Gasteiger partial charge in [0.1, 0.15) is 12.2 Å². The van der Waals surface area contributed by atoms with E-state index in [1.165, 1.54) is 32.9 Å². The van der Waals surface area contributed by atoms with E-state index in [4.69, 9.17) is 23.7 Å². The van der Waals surface area contributed by atoms with Gasteiger partial charge in [-0.25, -0.2) is 4.79 Å². The zero-order valence-corrected chi connectivity index (χ0v) is 28.9. The number of aliphatic hydroxyl groups excluding tert-OH is 1. The average Bonchev–Trinajstić information content (AvgIpc) is 3.13. The van der Waals surface area contributed by atoms with Gasteiger partial charge in [0, 0.05) is 38.5 Å². The third-order valence-electron chi connectivity index (χ3n) is 9.82. The van der Waals surface area contributed by atoms with Crippen molar-refractivity contribution in [2.24, 2.45) is 11.3 Å². The molecule has 0 radical (unpaired) electrons. The van der Waals surface area contributed by atoms with Crippen LogP contribution in [-0.2, 0) is 47.7 Å². The van der Waals surface area contributed by atoms with Gasteiger partial charge >= 0.3 is 29.8 Å². The summed E-state index contributed by atoms with van der Waals surface area (Å²) >= 11 is 0. The van der Waals surface area contributed by atoms with E-state index in [-0.39, 0.29) is 12.0 Å². The number of carbonyl (C=O) groups is 5. The van der Waals surface area contributed by atoms with E-state index in [2.05, 4.69) is 6.92 Å². The number of rotatable bonds is 10. The molecule has 0 aromatic rings. The van der Waals surface area contributed by atoms with Crippen LogP contribution in [0.1, 0.15) is 93.9 Å². The maximum atomic E-state index is 13.3. The van der Waals surface area contributed by atoms with Crippen LogP contribution in [0.3, 0.4) is 0 Å². The summed E-state index contributed by atoms with van der Waals surface area (Å²) in [6.45, 7) is 10.2. The number of hydrogen-bond acceptors (Lipinski definition) is 14. The molecule has 1 saturated heterocycles. The van der Waals surface area contributed by atoms with Gasteiger partial charge in [0.05, 0.1) is 5.60 Å². The number of carbonyl (C=O) groups excluding carboxylic acids is 5. The van der Waals surface area contributed by atoms with Crippen LogP contribution in [0.5, 0.6) is 0 Å². The van der Waals surface area contributed by atoms with Crippen LogP contribution in [0.4, 0.5) is 0 Å². The second-order valence-corrected chi connectivity index (χ2v) is 13.7. The molecule has 3 rings (SSSR count). The topological polar surface area (TPSA) is 212 Å². The molecular weight excluding hydrogens is 632 g/mol. The van der Waals surface area contributed by atoms with Crippen LogP contribution in [-0.4, -0.2) is 104 Å². The molecule has 0 aromatic carbocycles. The van der Waals surface area contributed by atoms with Crippen LogP contribution in [0.25, 0.3) is 0 Å². The lowest BCUT2D eigenvalue weighted by Gasteiger charge is -2.57. The van der Waals surface area contributed by atoms with Crippen molar-refractivity contribution < 1.29 is 68.1 Å². The highest BCUT2D eigenvalue weighted by atomic mass is 16.6. The highest BCUT2D eigenvalue weighted by Gasteiger charge is 2.75. The summed E-state index contributed by atoms with van der Waals surface area (Å²) in [7, 11) is 0. The molecule has 0 bridgehead atoms. The van der Waals surface area contributed by atoms with E-state index in [9.17, 15) is 44.4 Å². The molecule has 3 aliphatic rings. The van der Waals surface area contributed by atoms with E-state index in [0.717, 1.165) is 59.5 Å². The number of esters is 5. The SMILES string of the molecule is CCCCCCCC(=O)O[C@H]1/C(C)=C\[C@@H]2OC(=O)[C@](C)(O)[C@]2(O)[C@@H](OC(C)=O)[C@H]2[C@](C)(O)[C@H](O)C=C[C@]2(C)[C@@H](OC(C)=O)[C@@H]1OC(C)=O. The van der Waals surface area contributed by atoms with E-state index in [0.29, 0.717) is 6.42 Å². The maximum Gasteiger partial charge on any atom is 0.341 e. The molecule has 1 fully saturated rings. The molecule has 1 aliphatic heterocycles. The van der Waals surface area contributed by atoms with Gasteiger partial charge in [-0.1, -0.05) is 51.7 Å². The van der Waals surface area contributed by atoms with Crippen molar-refractivity contribution in [2.45, 2.75) is 147 Å². The predicted molar refractivity (Wildman–Crippen MR) is 166 cm³/mol. The second-order valence-electron chi connectivity index (χ2n) is 13.7. The third-order valence-corrected chi connectivity index (χ3v) is 9.82. The number of unbranched alkanes of at least 4 members (excludes halogenated alkanes) is 4. The summed E-state index contributed by atoms with van der Waals surface area (Å²) in [4.78, 5) is 64.6. The van der Waals surface area contributed by atoms with Crippen LogP contribution < -0.4 is 0 Å². The summed E-state index contributed by atoms with van der Waals surface area (Å²) < 4.78 is 28.7. The number of aliphatic hydroxyl groups is 4. The minimum atomic E-state index is -2.86. The Bertz CT molecular complexity index is 1320. The first-order valence-electron chi connectivity index (χ1n) is 16.3. The molecule has 11 atom stereocenters. The molecule has 4 N–H and O–H groups in total. The number of hydrogen-bond donors (Lipinski definition) is 4. The summed E-state index contributed by atoms with van der Waals surface area (Å²) in [5, 5.41) is 47.2. The van der Waals surface area contributed by atoms with Gasteiger partial charge in [-0.2, -0.15) is 0 Å². The predicted octanol–water partition coefficient (Wildman–Crippen LogP) is 1.73. The second kappa shape index (κ2) is 14.7. The van der Waals surface area contributed by atoms with Gasteiger partial charge in [0.15, 0.2) is 35.6 Å². The minimum Gasteiger partial charge on any atom is -0.459 e. The first kappa shape index (κ1) is 39.1. The van der Waals surface area contributed by atoms with E-state index in [1.807, 2.05) is 0 Å². The molecular formula is C34H50O14. The summed E-state index contributed by atoms with van der Waals surface area (Å²) in [5.41, 5.74) is -9.80. The smallest absolute Gasteiger partial charge is 0.341 e. The Kier molecular flexibility index (Phi) is 11.9. The first-order valence-corrected chi connectivity index (χ1v) is 16.3. The molecule has 14 heteroatoms. The van der Waals surface area contributed by atoms with E-state index >= 15 is 0 Å². The monoisotopic (exact) mass is 682 g/mol.